The monoisotopic (exact) mass is 387 g/mol. The number of hydrogen-bond acceptors (Lipinski definition) is 6. The maximum Gasteiger partial charge on any atom is 0.285 e. The Morgan fingerprint density at radius 2 is 1.93 bits per heavy atom. The quantitative estimate of drug-likeness (QED) is 0.599. The summed E-state index contributed by atoms with van der Waals surface area (Å²) >= 11 is 0. The molecule has 0 radical (unpaired) electrons. The van der Waals surface area contributed by atoms with Crippen molar-refractivity contribution in [1.29, 1.82) is 0 Å². The van der Waals surface area contributed by atoms with Gasteiger partial charge in [0.2, 0.25) is 5.91 Å². The van der Waals surface area contributed by atoms with E-state index in [1.807, 2.05) is 26.0 Å². The van der Waals surface area contributed by atoms with Crippen LogP contribution in [-0.4, -0.2) is 28.6 Å². The van der Waals surface area contributed by atoms with Crippen LogP contribution < -0.4 is 20.3 Å². The van der Waals surface area contributed by atoms with Crippen LogP contribution in [0.4, 0.5) is 5.69 Å². The van der Waals surface area contributed by atoms with Crippen molar-refractivity contribution in [3.63, 3.8) is 0 Å². The zero-order chi connectivity index (χ0) is 20.3. The summed E-state index contributed by atoms with van der Waals surface area (Å²) in [5, 5.41) is 13.8. The Hall–Kier alpha value is -3.36. The van der Waals surface area contributed by atoms with Crippen molar-refractivity contribution in [2.24, 2.45) is 5.92 Å². The number of benzene rings is 1. The number of carbonyl (C=O) groups is 1. The number of amides is 1. The average Bonchev–Trinajstić information content (AvgIpc) is 2.67. The average molecular weight is 387 g/mol. The van der Waals surface area contributed by atoms with E-state index in [9.17, 15) is 19.7 Å². The number of fused-ring (bicyclic) bond motifs is 1. The van der Waals surface area contributed by atoms with Crippen LogP contribution in [0, 0.1) is 16.0 Å². The highest BCUT2D eigenvalue weighted by Crippen LogP contribution is 2.34. The van der Waals surface area contributed by atoms with Crippen LogP contribution in [0.25, 0.3) is 0 Å². The van der Waals surface area contributed by atoms with Gasteiger partial charge in [0.05, 0.1) is 17.2 Å². The molecule has 9 heteroatoms. The van der Waals surface area contributed by atoms with E-state index < -0.39 is 16.4 Å². The maximum absolute atomic E-state index is 12.5. The van der Waals surface area contributed by atoms with Crippen LogP contribution in [0.3, 0.4) is 0 Å². The van der Waals surface area contributed by atoms with Crippen molar-refractivity contribution in [3.8, 4) is 11.5 Å². The molecule has 0 spiro atoms. The molecule has 2 aromatic rings. The summed E-state index contributed by atoms with van der Waals surface area (Å²) in [6.45, 7) is 4.57. The molecule has 0 saturated heterocycles. The number of aromatic nitrogens is 1. The number of nitrogens with zero attached hydrogens (tertiary/aromatic N) is 2. The first-order valence-electron chi connectivity index (χ1n) is 8.89. The topological polar surface area (TPSA) is 113 Å². The van der Waals surface area contributed by atoms with Gasteiger partial charge in [0.15, 0.2) is 11.5 Å². The van der Waals surface area contributed by atoms with Crippen molar-refractivity contribution >= 4 is 11.6 Å². The Labute approximate surface area is 161 Å². The third-order valence-electron chi connectivity index (χ3n) is 4.40. The fraction of sp³-hybridized carbons (Fsp3) is 0.368. The molecule has 1 atom stereocenters. The molecule has 1 aliphatic heterocycles. The number of nitrogens with one attached hydrogen (secondary N) is 1. The molecule has 1 aliphatic rings. The zero-order valence-electron chi connectivity index (χ0n) is 15.6. The van der Waals surface area contributed by atoms with Crippen LogP contribution in [0.15, 0.2) is 41.3 Å². The van der Waals surface area contributed by atoms with Crippen molar-refractivity contribution in [2.45, 2.75) is 26.4 Å². The number of ether oxygens (including phenoxy) is 2. The number of hydrogen-bond donors (Lipinski definition) is 1. The zero-order valence-corrected chi connectivity index (χ0v) is 15.6. The lowest BCUT2D eigenvalue weighted by Crippen LogP contribution is -2.36. The Morgan fingerprint density at radius 3 is 2.61 bits per heavy atom. The number of carbonyl (C=O) groups excluding carboxylic acids is 1. The summed E-state index contributed by atoms with van der Waals surface area (Å²) in [6, 6.07) is 7.36. The van der Waals surface area contributed by atoms with Crippen LogP contribution in [0.2, 0.25) is 0 Å². The minimum atomic E-state index is -0.611. The first-order valence-corrected chi connectivity index (χ1v) is 8.89. The van der Waals surface area contributed by atoms with E-state index in [1.165, 1.54) is 0 Å². The Morgan fingerprint density at radius 1 is 1.21 bits per heavy atom. The number of nitro groups is 1. The molecule has 0 unspecified atom stereocenters. The Bertz CT molecular complexity index is 953. The van der Waals surface area contributed by atoms with Gasteiger partial charge in [-0.1, -0.05) is 19.9 Å². The summed E-state index contributed by atoms with van der Waals surface area (Å²) in [5.74, 6) is 0.926. The van der Waals surface area contributed by atoms with E-state index in [0.29, 0.717) is 24.7 Å². The highest BCUT2D eigenvalue weighted by atomic mass is 16.6. The molecule has 0 fully saturated rings. The van der Waals surface area contributed by atoms with Gasteiger partial charge in [-0.25, -0.2) is 0 Å². The lowest BCUT2D eigenvalue weighted by molar-refractivity contribution is -0.385. The molecule has 0 aliphatic carbocycles. The van der Waals surface area contributed by atoms with E-state index in [0.717, 1.165) is 28.5 Å². The van der Waals surface area contributed by atoms with Gasteiger partial charge < -0.3 is 14.8 Å². The third kappa shape index (κ3) is 4.30. The standard InChI is InChI=1S/C19H21N3O6/c1-12(2)19(13-3-5-15-16(9-13)28-8-7-27-15)20-17(23)11-21-10-14(22(25)26)4-6-18(21)24/h3-6,9-10,12,19H,7-8,11H2,1-2H3,(H,20,23)/t19-/m1/s1. The minimum Gasteiger partial charge on any atom is -0.486 e. The summed E-state index contributed by atoms with van der Waals surface area (Å²) in [5.41, 5.74) is 0.111. The number of pyridine rings is 1. The van der Waals surface area contributed by atoms with Gasteiger partial charge in [0, 0.05) is 12.1 Å². The van der Waals surface area contributed by atoms with E-state index in [2.05, 4.69) is 5.32 Å². The van der Waals surface area contributed by atoms with Gasteiger partial charge in [-0.15, -0.1) is 0 Å². The highest BCUT2D eigenvalue weighted by Gasteiger charge is 2.22. The van der Waals surface area contributed by atoms with Gasteiger partial charge in [-0.3, -0.25) is 24.3 Å². The fourth-order valence-corrected chi connectivity index (χ4v) is 3.01. The van der Waals surface area contributed by atoms with Gasteiger partial charge in [0.25, 0.3) is 11.2 Å². The number of rotatable bonds is 6. The first kappa shape index (κ1) is 19.4. The lowest BCUT2D eigenvalue weighted by Gasteiger charge is -2.25. The first-order chi connectivity index (χ1) is 13.3. The summed E-state index contributed by atoms with van der Waals surface area (Å²) in [4.78, 5) is 34.7. The van der Waals surface area contributed by atoms with Crippen LogP contribution in [-0.2, 0) is 11.3 Å². The summed E-state index contributed by atoms with van der Waals surface area (Å²) < 4.78 is 12.1. The molecular formula is C19H21N3O6. The van der Waals surface area contributed by atoms with Crippen molar-refractivity contribution in [1.82, 2.24) is 9.88 Å². The summed E-state index contributed by atoms with van der Waals surface area (Å²) in [6.07, 6.45) is 1.07. The molecule has 0 saturated carbocycles. The molecule has 1 N–H and O–H groups in total. The van der Waals surface area contributed by atoms with E-state index >= 15 is 0 Å². The van der Waals surface area contributed by atoms with E-state index in [-0.39, 0.29) is 24.2 Å². The molecule has 1 aromatic carbocycles. The highest BCUT2D eigenvalue weighted by molar-refractivity contribution is 5.76. The van der Waals surface area contributed by atoms with E-state index in [1.54, 1.807) is 6.07 Å². The van der Waals surface area contributed by atoms with Gasteiger partial charge >= 0.3 is 0 Å². The lowest BCUT2D eigenvalue weighted by atomic mass is 9.95. The minimum absolute atomic E-state index is 0.0633. The van der Waals surface area contributed by atoms with Crippen molar-refractivity contribution < 1.29 is 19.2 Å². The molecule has 3 rings (SSSR count). The van der Waals surface area contributed by atoms with Gasteiger partial charge in [-0.2, -0.15) is 0 Å². The molecule has 148 valence electrons. The predicted octanol–water partition coefficient (Wildman–Crippen LogP) is 2.04. The summed E-state index contributed by atoms with van der Waals surface area (Å²) in [7, 11) is 0. The second-order valence-electron chi connectivity index (χ2n) is 6.80. The third-order valence-corrected chi connectivity index (χ3v) is 4.40. The van der Waals surface area contributed by atoms with Crippen LogP contribution >= 0.6 is 0 Å². The van der Waals surface area contributed by atoms with Gasteiger partial charge in [0.1, 0.15) is 19.8 Å². The molecule has 9 nitrogen and oxygen atoms in total. The molecule has 2 heterocycles. The Balaban J connectivity index is 1.78. The molecule has 1 aromatic heterocycles. The largest absolute Gasteiger partial charge is 0.486 e. The smallest absolute Gasteiger partial charge is 0.285 e. The molecule has 0 bridgehead atoms. The normalized spacial score (nSPS) is 13.8. The van der Waals surface area contributed by atoms with Crippen LogP contribution in [0.5, 0.6) is 11.5 Å². The maximum atomic E-state index is 12.5. The van der Waals surface area contributed by atoms with E-state index in [4.69, 9.17) is 9.47 Å². The van der Waals surface area contributed by atoms with Gasteiger partial charge in [-0.05, 0) is 23.6 Å². The molecule has 28 heavy (non-hydrogen) atoms. The van der Waals surface area contributed by atoms with Crippen LogP contribution in [0.1, 0.15) is 25.5 Å². The second-order valence-corrected chi connectivity index (χ2v) is 6.80. The SMILES string of the molecule is CC(C)[C@@H](NC(=O)Cn1cc([N+](=O)[O-])ccc1=O)c1ccc2c(c1)OCCO2. The molecular weight excluding hydrogens is 366 g/mol. The fourth-order valence-electron chi connectivity index (χ4n) is 3.01. The van der Waals surface area contributed by atoms with Crippen molar-refractivity contribution in [2.75, 3.05) is 13.2 Å². The predicted molar refractivity (Wildman–Crippen MR) is 101 cm³/mol. The Kier molecular flexibility index (Phi) is 5.62. The molecule has 1 amide bonds. The van der Waals surface area contributed by atoms with Crippen molar-refractivity contribution in [3.05, 3.63) is 62.6 Å². The second kappa shape index (κ2) is 8.12.